The molecule has 234 valence electrons. The van der Waals surface area contributed by atoms with Crippen LogP contribution in [-0.4, -0.2) is 44.5 Å². The summed E-state index contributed by atoms with van der Waals surface area (Å²) in [6, 6.07) is 29.6. The van der Waals surface area contributed by atoms with Crippen LogP contribution < -0.4 is 30.6 Å². The number of rotatable bonds is 14. The number of allylic oxidation sites excluding steroid dienone is 1. The first-order valence-electron chi connectivity index (χ1n) is 15.1. The molecule has 8 nitrogen and oxygen atoms in total. The van der Waals surface area contributed by atoms with E-state index in [-0.39, 0.29) is 12.4 Å². The van der Waals surface area contributed by atoms with Crippen molar-refractivity contribution >= 4 is 17.5 Å². The molecule has 0 aliphatic carbocycles. The molecule has 0 aromatic heterocycles. The number of methoxy groups -OCH3 is 1. The van der Waals surface area contributed by atoms with E-state index < -0.39 is 11.6 Å². The molecule has 0 spiro atoms. The van der Waals surface area contributed by atoms with Crippen LogP contribution in [0.15, 0.2) is 108 Å². The summed E-state index contributed by atoms with van der Waals surface area (Å²) in [6.45, 7) is 7.96. The van der Waals surface area contributed by atoms with Crippen molar-refractivity contribution < 1.29 is 18.6 Å². The van der Waals surface area contributed by atoms with E-state index in [0.29, 0.717) is 35.0 Å². The Morgan fingerprint density at radius 2 is 1.62 bits per heavy atom. The van der Waals surface area contributed by atoms with E-state index in [2.05, 4.69) is 29.4 Å². The molecule has 0 bridgehead atoms. The number of benzene rings is 4. The highest BCUT2D eigenvalue weighted by molar-refractivity contribution is 6.12. The van der Waals surface area contributed by atoms with Crippen LogP contribution in [0.4, 0.5) is 10.1 Å². The smallest absolute Gasteiger partial charge is 0.210 e. The van der Waals surface area contributed by atoms with Crippen LogP contribution >= 0.6 is 0 Å². The summed E-state index contributed by atoms with van der Waals surface area (Å²) in [5.74, 6) is 0.304. The van der Waals surface area contributed by atoms with Gasteiger partial charge in [-0.3, -0.25) is 5.73 Å². The van der Waals surface area contributed by atoms with Gasteiger partial charge in [-0.05, 0) is 72.7 Å². The normalized spacial score (nSPS) is 16.0. The Morgan fingerprint density at radius 3 is 2.33 bits per heavy atom. The van der Waals surface area contributed by atoms with Crippen molar-refractivity contribution in [2.24, 2.45) is 10.7 Å². The van der Waals surface area contributed by atoms with Crippen LogP contribution in [0.3, 0.4) is 0 Å². The van der Waals surface area contributed by atoms with Crippen molar-refractivity contribution in [2.45, 2.75) is 26.2 Å². The Morgan fingerprint density at radius 1 is 0.889 bits per heavy atom. The third-order valence-electron chi connectivity index (χ3n) is 7.69. The predicted molar refractivity (Wildman–Crippen MR) is 178 cm³/mol. The maximum atomic E-state index is 15.3. The van der Waals surface area contributed by atoms with Gasteiger partial charge in [-0.15, -0.1) is 0 Å². The van der Waals surface area contributed by atoms with Gasteiger partial charge in [-0.25, -0.2) is 9.38 Å². The molecule has 1 aliphatic rings. The van der Waals surface area contributed by atoms with E-state index in [4.69, 9.17) is 24.9 Å². The Bertz CT molecular complexity index is 1620. The average molecular weight is 610 g/mol. The molecule has 1 aliphatic heterocycles. The summed E-state index contributed by atoms with van der Waals surface area (Å²) in [4.78, 5) is 7.01. The number of para-hydroxylation sites is 2. The molecule has 0 radical (unpaired) electrons. The van der Waals surface area contributed by atoms with E-state index in [1.165, 1.54) is 6.07 Å². The number of nitrogens with one attached hydrogen (secondary N) is 2. The zero-order valence-corrected chi connectivity index (χ0v) is 25.9. The van der Waals surface area contributed by atoms with Crippen LogP contribution in [-0.2, 0) is 12.4 Å². The molecule has 1 atom stereocenters. The van der Waals surface area contributed by atoms with Crippen LogP contribution in [0.2, 0.25) is 0 Å². The Labute approximate surface area is 264 Å². The number of hydrogen-bond acceptors (Lipinski definition) is 8. The highest BCUT2D eigenvalue weighted by Gasteiger charge is 2.32. The largest absolute Gasteiger partial charge is 0.495 e. The number of aliphatic imine (C=N–C) groups is 1. The molecule has 9 heteroatoms. The van der Waals surface area contributed by atoms with Crippen molar-refractivity contribution in [1.29, 1.82) is 0 Å². The summed E-state index contributed by atoms with van der Waals surface area (Å²) >= 11 is 0. The summed E-state index contributed by atoms with van der Waals surface area (Å²) in [5, 5.41) is 6.76. The van der Waals surface area contributed by atoms with Gasteiger partial charge < -0.3 is 29.7 Å². The fourth-order valence-corrected chi connectivity index (χ4v) is 5.03. The summed E-state index contributed by atoms with van der Waals surface area (Å²) in [6.07, 6.45) is 1.65. The molecule has 4 N–H and O–H groups in total. The van der Waals surface area contributed by atoms with Gasteiger partial charge in [0.2, 0.25) is 5.79 Å². The third kappa shape index (κ3) is 7.81. The highest BCUT2D eigenvalue weighted by atomic mass is 19.1. The maximum Gasteiger partial charge on any atom is 0.210 e. The number of halogens is 1. The first kappa shape index (κ1) is 31.6. The lowest BCUT2D eigenvalue weighted by molar-refractivity contribution is 0.222. The molecule has 0 saturated heterocycles. The van der Waals surface area contributed by atoms with Crippen LogP contribution in [0.1, 0.15) is 30.5 Å². The van der Waals surface area contributed by atoms with Gasteiger partial charge in [0, 0.05) is 23.9 Å². The number of ether oxygens (including phenoxy) is 3. The molecule has 45 heavy (non-hydrogen) atoms. The minimum Gasteiger partial charge on any atom is -0.495 e. The number of nitrogens with zero attached hydrogens (tertiary/aromatic N) is 2. The summed E-state index contributed by atoms with van der Waals surface area (Å²) < 4.78 is 32.6. The number of anilines is 1. The van der Waals surface area contributed by atoms with E-state index in [9.17, 15) is 0 Å². The lowest BCUT2D eigenvalue weighted by atomic mass is 10.0. The Balaban J connectivity index is 1.39. The van der Waals surface area contributed by atoms with E-state index in [1.807, 2.05) is 78.9 Å². The SMILES string of the molecule is CCN(CC)CCOc1ccc(C2(N)N=CC(c3ccc(OCc4ccccc4)c(F)c3)=C(Nc3ccccc3OC)N2)cc1. The topological polar surface area (TPSA) is 93.4 Å². The van der Waals surface area contributed by atoms with Crippen LogP contribution in [0, 0.1) is 5.82 Å². The molecule has 0 fully saturated rings. The fraction of sp³-hybridized carbons (Fsp3) is 0.250. The fourth-order valence-electron chi connectivity index (χ4n) is 5.03. The first-order chi connectivity index (χ1) is 21.9. The van der Waals surface area contributed by atoms with Crippen molar-refractivity contribution in [2.75, 3.05) is 38.7 Å². The Kier molecular flexibility index (Phi) is 10.3. The van der Waals surface area contributed by atoms with E-state index >= 15 is 4.39 Å². The second-order valence-electron chi connectivity index (χ2n) is 10.6. The molecular weight excluding hydrogens is 569 g/mol. The monoisotopic (exact) mass is 609 g/mol. The molecule has 4 aromatic rings. The zero-order valence-electron chi connectivity index (χ0n) is 25.9. The molecule has 1 heterocycles. The third-order valence-corrected chi connectivity index (χ3v) is 7.69. The molecule has 0 amide bonds. The predicted octanol–water partition coefficient (Wildman–Crippen LogP) is 6.36. The zero-order chi connectivity index (χ0) is 31.6. The number of likely N-dealkylation sites (N-methyl/N-ethyl adjacent to an activating group) is 1. The van der Waals surface area contributed by atoms with Crippen LogP contribution in [0.25, 0.3) is 5.57 Å². The Hall–Kier alpha value is -4.86. The second-order valence-corrected chi connectivity index (χ2v) is 10.6. The minimum absolute atomic E-state index is 0.163. The molecule has 5 rings (SSSR count). The standard InChI is InChI=1S/C36H40FN5O3/c1-4-42(5-2)21-22-44-29-18-16-28(17-19-29)36(38)39-24-30(35(41-36)40-32-13-9-10-14-34(32)43-3)27-15-20-33(31(37)23-27)45-25-26-11-7-6-8-12-26/h6-20,23-24,40-41H,4-5,21-22,25,38H2,1-3H3. The quantitative estimate of drug-likeness (QED) is 0.153. The lowest BCUT2D eigenvalue weighted by Crippen LogP contribution is -2.51. The maximum absolute atomic E-state index is 15.3. The van der Waals surface area contributed by atoms with E-state index in [0.717, 1.165) is 36.5 Å². The number of hydrogen-bond donors (Lipinski definition) is 3. The van der Waals surface area contributed by atoms with Crippen molar-refractivity contribution in [1.82, 2.24) is 10.2 Å². The van der Waals surface area contributed by atoms with Gasteiger partial charge in [0.05, 0.1) is 12.8 Å². The van der Waals surface area contributed by atoms with E-state index in [1.54, 1.807) is 25.5 Å². The molecule has 0 saturated carbocycles. The summed E-state index contributed by atoms with van der Waals surface area (Å²) in [5.41, 5.74) is 10.4. The van der Waals surface area contributed by atoms with Gasteiger partial charge in [0.1, 0.15) is 30.5 Å². The van der Waals surface area contributed by atoms with Crippen LogP contribution in [0.5, 0.6) is 17.2 Å². The molecular formula is C36H40FN5O3. The lowest BCUT2D eigenvalue weighted by Gasteiger charge is -2.34. The highest BCUT2D eigenvalue weighted by Crippen LogP contribution is 2.33. The average Bonchev–Trinajstić information content (AvgIpc) is 3.07. The van der Waals surface area contributed by atoms with Gasteiger partial charge in [0.25, 0.3) is 0 Å². The summed E-state index contributed by atoms with van der Waals surface area (Å²) in [7, 11) is 1.61. The van der Waals surface area contributed by atoms with Gasteiger partial charge in [0.15, 0.2) is 11.6 Å². The second kappa shape index (κ2) is 14.7. The van der Waals surface area contributed by atoms with Crippen molar-refractivity contribution in [3.63, 3.8) is 0 Å². The van der Waals surface area contributed by atoms with Gasteiger partial charge in [-0.2, -0.15) is 0 Å². The number of nitrogens with two attached hydrogens (primary N) is 1. The molecule has 4 aromatic carbocycles. The van der Waals surface area contributed by atoms with Crippen molar-refractivity contribution in [3.8, 4) is 17.2 Å². The first-order valence-corrected chi connectivity index (χ1v) is 15.1. The van der Waals surface area contributed by atoms with Crippen molar-refractivity contribution in [3.05, 3.63) is 125 Å². The molecule has 1 unspecified atom stereocenters. The van der Waals surface area contributed by atoms with Gasteiger partial charge in [-0.1, -0.05) is 62.4 Å². The van der Waals surface area contributed by atoms with Gasteiger partial charge >= 0.3 is 0 Å². The minimum atomic E-state index is -1.30.